The summed E-state index contributed by atoms with van der Waals surface area (Å²) in [4.78, 5) is 18.0. The fraction of sp³-hybridized carbons (Fsp3) is 0.655. The summed E-state index contributed by atoms with van der Waals surface area (Å²) in [7, 11) is 0. The van der Waals surface area contributed by atoms with Crippen molar-refractivity contribution in [3.8, 4) is 0 Å². The second kappa shape index (κ2) is 7.71. The van der Waals surface area contributed by atoms with Gasteiger partial charge in [0.15, 0.2) is 0 Å². The molecule has 3 fully saturated rings. The molecule has 0 radical (unpaired) electrons. The summed E-state index contributed by atoms with van der Waals surface area (Å²) >= 11 is 0. The lowest BCUT2D eigenvalue weighted by Gasteiger charge is -2.60. The predicted molar refractivity (Wildman–Crippen MR) is 130 cm³/mol. The Labute approximate surface area is 198 Å². The van der Waals surface area contributed by atoms with Gasteiger partial charge in [-0.3, -0.25) is 4.79 Å². The van der Waals surface area contributed by atoms with Crippen molar-refractivity contribution in [3.05, 3.63) is 53.6 Å². The number of aromatic nitrogens is 2. The van der Waals surface area contributed by atoms with Crippen LogP contribution in [0.25, 0.3) is 0 Å². The van der Waals surface area contributed by atoms with Gasteiger partial charge >= 0.3 is 0 Å². The van der Waals surface area contributed by atoms with E-state index >= 15 is 0 Å². The van der Waals surface area contributed by atoms with E-state index in [2.05, 4.69) is 66.1 Å². The lowest BCUT2D eigenvalue weighted by atomic mass is 9.47. The molecule has 1 aliphatic heterocycles. The molecule has 0 bridgehead atoms. The topological polar surface area (TPSA) is 46.9 Å². The van der Waals surface area contributed by atoms with Crippen molar-refractivity contribution in [3.63, 3.8) is 0 Å². The van der Waals surface area contributed by atoms with Gasteiger partial charge in [-0.15, -0.1) is 0 Å². The predicted octanol–water partition coefficient (Wildman–Crippen LogP) is 5.85. The Bertz CT molecular complexity index is 1060. The minimum absolute atomic E-state index is 0.163. The van der Waals surface area contributed by atoms with Crippen LogP contribution in [-0.4, -0.2) is 15.5 Å². The Morgan fingerprint density at radius 2 is 1.94 bits per heavy atom. The third kappa shape index (κ3) is 3.23. The summed E-state index contributed by atoms with van der Waals surface area (Å²) in [6.07, 6.45) is 14.0. The monoisotopic (exact) mass is 445 g/mol. The Balaban J connectivity index is 1.19. The molecule has 3 saturated carbocycles. The molecule has 0 saturated heterocycles. The van der Waals surface area contributed by atoms with E-state index in [0.29, 0.717) is 29.8 Å². The number of hydrogen-bond acceptors (Lipinski definition) is 2. The number of rotatable bonds is 3. The third-order valence-corrected chi connectivity index (χ3v) is 10.7. The highest BCUT2D eigenvalue weighted by molar-refractivity contribution is 5.80. The Morgan fingerprint density at radius 1 is 1.09 bits per heavy atom. The van der Waals surface area contributed by atoms with Crippen molar-refractivity contribution in [1.29, 1.82) is 0 Å². The van der Waals surface area contributed by atoms with Crippen LogP contribution in [0.5, 0.6) is 0 Å². The van der Waals surface area contributed by atoms with Crippen LogP contribution in [0.2, 0.25) is 0 Å². The van der Waals surface area contributed by atoms with Crippen LogP contribution >= 0.6 is 0 Å². The van der Waals surface area contributed by atoms with Gasteiger partial charge in [0.2, 0.25) is 5.91 Å². The Hall–Kier alpha value is -2.10. The standard InChI is InChI=1S/C29H39N3O/c1-19-5-4-6-20(17-19)18-31-27(33)24-9-8-22-21-7-10-25-29(3,23(21)11-13-28(22,24)2)14-12-26-30-15-16-32(25)26/h4-6,15-17,21-25H,7-14,18H2,1-3H3,(H,31,33)/t21-,22-,23-,24+,25?,28-,29+/m0/s1. The zero-order valence-electron chi connectivity index (χ0n) is 20.5. The summed E-state index contributed by atoms with van der Waals surface area (Å²) in [6.45, 7) is 7.81. The molecule has 33 heavy (non-hydrogen) atoms. The van der Waals surface area contributed by atoms with E-state index in [1.54, 1.807) is 0 Å². The van der Waals surface area contributed by atoms with E-state index in [1.807, 2.05) is 6.20 Å². The number of nitrogens with one attached hydrogen (secondary N) is 1. The quantitative estimate of drug-likeness (QED) is 0.644. The molecule has 1 unspecified atom stereocenters. The number of aryl methyl sites for hydroxylation is 2. The molecule has 1 aromatic carbocycles. The fourth-order valence-electron chi connectivity index (χ4n) is 9.01. The van der Waals surface area contributed by atoms with Crippen LogP contribution in [0.1, 0.15) is 81.8 Å². The number of amides is 1. The van der Waals surface area contributed by atoms with E-state index in [4.69, 9.17) is 0 Å². The molecule has 7 atom stereocenters. The second-order valence-corrected chi connectivity index (χ2v) is 12.1. The van der Waals surface area contributed by atoms with E-state index < -0.39 is 0 Å². The maximum atomic E-state index is 13.4. The number of nitrogens with zero attached hydrogens (tertiary/aromatic N) is 2. The van der Waals surface area contributed by atoms with E-state index in [1.165, 1.54) is 55.5 Å². The maximum absolute atomic E-state index is 13.4. The molecule has 176 valence electrons. The van der Waals surface area contributed by atoms with Crippen molar-refractivity contribution in [2.24, 2.45) is 34.5 Å². The summed E-state index contributed by atoms with van der Waals surface area (Å²) in [5, 5.41) is 3.31. The normalized spacial score (nSPS) is 39.2. The van der Waals surface area contributed by atoms with Crippen molar-refractivity contribution in [2.45, 2.75) is 84.7 Å². The van der Waals surface area contributed by atoms with Crippen molar-refractivity contribution in [1.82, 2.24) is 14.9 Å². The first-order valence-corrected chi connectivity index (χ1v) is 13.2. The van der Waals surface area contributed by atoms with Gasteiger partial charge in [-0.25, -0.2) is 4.98 Å². The smallest absolute Gasteiger partial charge is 0.223 e. The summed E-state index contributed by atoms with van der Waals surface area (Å²) in [5.74, 6) is 4.03. The van der Waals surface area contributed by atoms with Gasteiger partial charge < -0.3 is 9.88 Å². The molecule has 4 aliphatic rings. The minimum Gasteiger partial charge on any atom is -0.352 e. The van der Waals surface area contributed by atoms with Crippen LogP contribution in [0.15, 0.2) is 36.7 Å². The average molecular weight is 446 g/mol. The molecule has 3 aliphatic carbocycles. The number of carbonyl (C=O) groups is 1. The van der Waals surface area contributed by atoms with E-state index in [-0.39, 0.29) is 11.3 Å². The fourth-order valence-corrected chi connectivity index (χ4v) is 9.01. The van der Waals surface area contributed by atoms with Crippen LogP contribution < -0.4 is 5.32 Å². The van der Waals surface area contributed by atoms with Gasteiger partial charge in [-0.2, -0.15) is 0 Å². The maximum Gasteiger partial charge on any atom is 0.223 e. The lowest BCUT2D eigenvalue weighted by molar-refractivity contribution is -0.135. The summed E-state index contributed by atoms with van der Waals surface area (Å²) in [5.41, 5.74) is 3.00. The molecule has 2 heterocycles. The number of hydrogen-bond donors (Lipinski definition) is 1. The van der Waals surface area contributed by atoms with Gasteiger partial charge in [0.1, 0.15) is 5.82 Å². The lowest BCUT2D eigenvalue weighted by Crippen LogP contribution is -2.54. The van der Waals surface area contributed by atoms with E-state index in [9.17, 15) is 4.79 Å². The molecule has 0 spiro atoms. The first kappa shape index (κ1) is 21.4. The molecule has 1 amide bonds. The molecule has 4 heteroatoms. The Kier molecular flexibility index (Phi) is 5.01. The van der Waals surface area contributed by atoms with Crippen molar-refractivity contribution >= 4 is 5.91 Å². The van der Waals surface area contributed by atoms with Crippen molar-refractivity contribution < 1.29 is 4.79 Å². The first-order valence-electron chi connectivity index (χ1n) is 13.2. The highest BCUT2D eigenvalue weighted by Crippen LogP contribution is 2.67. The SMILES string of the molecule is Cc1cccc(CNC(=O)[C@H]2CC[C@H]3[C@@H]4CCC5n6ccnc6CC[C@]5(C)[C@H]4CC[C@]23C)c1. The second-order valence-electron chi connectivity index (χ2n) is 12.1. The molecule has 1 N–H and O–H groups in total. The largest absolute Gasteiger partial charge is 0.352 e. The van der Waals surface area contributed by atoms with Crippen LogP contribution in [-0.2, 0) is 17.8 Å². The minimum atomic E-state index is 0.163. The van der Waals surface area contributed by atoms with Crippen molar-refractivity contribution in [2.75, 3.05) is 0 Å². The molecule has 1 aromatic heterocycles. The summed E-state index contributed by atoms with van der Waals surface area (Å²) in [6, 6.07) is 9.11. The van der Waals surface area contributed by atoms with Gasteiger partial charge in [0, 0.05) is 37.3 Å². The number of imidazole rings is 1. The number of carbonyl (C=O) groups excluding carboxylic acids is 1. The molecular formula is C29H39N3O. The van der Waals surface area contributed by atoms with Gasteiger partial charge in [-0.1, -0.05) is 43.7 Å². The first-order chi connectivity index (χ1) is 15.9. The number of fused-ring (bicyclic) bond motifs is 7. The van der Waals surface area contributed by atoms with E-state index in [0.717, 1.165) is 24.7 Å². The number of benzene rings is 1. The Morgan fingerprint density at radius 3 is 2.79 bits per heavy atom. The van der Waals surface area contributed by atoms with Crippen LogP contribution in [0.3, 0.4) is 0 Å². The van der Waals surface area contributed by atoms with Crippen LogP contribution in [0, 0.1) is 41.4 Å². The van der Waals surface area contributed by atoms with Gasteiger partial charge in [-0.05, 0) is 86.0 Å². The van der Waals surface area contributed by atoms with Crippen LogP contribution in [0.4, 0.5) is 0 Å². The highest BCUT2D eigenvalue weighted by atomic mass is 16.1. The van der Waals surface area contributed by atoms with Gasteiger partial charge in [0.25, 0.3) is 0 Å². The van der Waals surface area contributed by atoms with Gasteiger partial charge in [0.05, 0.1) is 0 Å². The third-order valence-electron chi connectivity index (χ3n) is 10.7. The highest BCUT2D eigenvalue weighted by Gasteiger charge is 2.61. The molecule has 2 aromatic rings. The molecule has 4 nitrogen and oxygen atoms in total. The summed E-state index contributed by atoms with van der Waals surface area (Å²) < 4.78 is 2.52. The zero-order valence-corrected chi connectivity index (χ0v) is 20.5. The molecule has 6 rings (SSSR count). The average Bonchev–Trinajstić information content (AvgIpc) is 3.41. The molecular weight excluding hydrogens is 406 g/mol. The zero-order chi connectivity index (χ0) is 22.8.